The van der Waals surface area contributed by atoms with Gasteiger partial charge in [0.15, 0.2) is 0 Å². The Bertz CT molecular complexity index is 602. The molecule has 0 aliphatic rings. The summed E-state index contributed by atoms with van der Waals surface area (Å²) in [4.78, 5) is 4.73. The van der Waals surface area contributed by atoms with Crippen molar-refractivity contribution in [3.63, 3.8) is 0 Å². The molecule has 1 aromatic carbocycles. The fourth-order valence-electron chi connectivity index (χ4n) is 2.50. The highest BCUT2D eigenvalue weighted by molar-refractivity contribution is 5.78. The zero-order valence-electron chi connectivity index (χ0n) is 12.0. The molecule has 0 spiro atoms. The monoisotopic (exact) mass is 255 g/mol. The molecule has 0 bridgehead atoms. The molecule has 0 aliphatic carbocycles. The van der Waals surface area contributed by atoms with Crippen LogP contribution in [-0.2, 0) is 6.42 Å². The maximum Gasteiger partial charge on any atom is 0.110 e. The van der Waals surface area contributed by atoms with Gasteiger partial charge in [0.2, 0.25) is 0 Å². The number of fused-ring (bicyclic) bond motifs is 1. The summed E-state index contributed by atoms with van der Waals surface area (Å²) in [5, 5.41) is 8.97. The predicted molar refractivity (Wildman–Crippen MR) is 78.1 cm³/mol. The van der Waals surface area contributed by atoms with Crippen LogP contribution in [0, 0.1) is 11.3 Å². The molecule has 0 radical (unpaired) electrons. The van der Waals surface area contributed by atoms with Gasteiger partial charge < -0.3 is 4.57 Å². The number of rotatable bonds is 5. The van der Waals surface area contributed by atoms with Crippen molar-refractivity contribution in [2.75, 3.05) is 0 Å². The minimum atomic E-state index is 0.398. The lowest BCUT2D eigenvalue weighted by molar-refractivity contribution is 0.568. The summed E-state index contributed by atoms with van der Waals surface area (Å²) in [5.74, 6) is 1.15. The molecule has 2 aromatic rings. The van der Waals surface area contributed by atoms with Crippen LogP contribution in [0.2, 0.25) is 0 Å². The molecule has 0 N–H and O–H groups in total. The molecule has 1 aromatic heterocycles. The van der Waals surface area contributed by atoms with Crippen LogP contribution in [0.4, 0.5) is 0 Å². The van der Waals surface area contributed by atoms with E-state index in [1.165, 1.54) is 19.3 Å². The molecule has 1 heterocycles. The third-order valence-corrected chi connectivity index (χ3v) is 3.41. The average Bonchev–Trinajstić information content (AvgIpc) is 2.76. The van der Waals surface area contributed by atoms with E-state index in [-0.39, 0.29) is 0 Å². The number of unbranched alkanes of at least 4 members (excludes halogenated alkanes) is 2. The molecular formula is C16H21N3. The zero-order valence-corrected chi connectivity index (χ0v) is 12.0. The lowest BCUT2D eigenvalue weighted by Crippen LogP contribution is -2.06. The minimum absolute atomic E-state index is 0.398. The van der Waals surface area contributed by atoms with Crippen LogP contribution in [0.1, 0.15) is 57.5 Å². The number of imidazole rings is 1. The number of hydrogen-bond acceptors (Lipinski definition) is 2. The number of aryl methyl sites for hydroxylation is 1. The standard InChI is InChI=1S/C16H21N3/c1-4-5-6-7-16-18-14-10-13(11-17)8-9-15(14)19(16)12(2)3/h8-10,12H,4-7H2,1-3H3. The van der Waals surface area contributed by atoms with E-state index in [0.717, 1.165) is 23.3 Å². The van der Waals surface area contributed by atoms with Gasteiger partial charge in [-0.3, -0.25) is 0 Å². The second-order valence-electron chi connectivity index (χ2n) is 5.26. The highest BCUT2D eigenvalue weighted by atomic mass is 15.1. The van der Waals surface area contributed by atoms with E-state index in [0.29, 0.717) is 11.6 Å². The summed E-state index contributed by atoms with van der Waals surface area (Å²) in [6.07, 6.45) is 4.66. The van der Waals surface area contributed by atoms with E-state index in [9.17, 15) is 0 Å². The first kappa shape index (κ1) is 13.6. The molecule has 0 unspecified atom stereocenters. The van der Waals surface area contributed by atoms with Crippen molar-refractivity contribution in [3.05, 3.63) is 29.6 Å². The van der Waals surface area contributed by atoms with Crippen LogP contribution in [-0.4, -0.2) is 9.55 Å². The lowest BCUT2D eigenvalue weighted by atomic mass is 10.2. The quantitative estimate of drug-likeness (QED) is 0.750. The molecule has 3 heteroatoms. The fraction of sp³-hybridized carbons (Fsp3) is 0.500. The van der Waals surface area contributed by atoms with E-state index >= 15 is 0 Å². The first-order chi connectivity index (χ1) is 9.17. The van der Waals surface area contributed by atoms with Gasteiger partial charge in [-0.25, -0.2) is 4.98 Å². The Hall–Kier alpha value is -1.82. The molecule has 0 atom stereocenters. The minimum Gasteiger partial charge on any atom is -0.325 e. The van der Waals surface area contributed by atoms with Gasteiger partial charge in [0.25, 0.3) is 0 Å². The van der Waals surface area contributed by atoms with Crippen molar-refractivity contribution in [1.29, 1.82) is 5.26 Å². The topological polar surface area (TPSA) is 41.6 Å². The van der Waals surface area contributed by atoms with Crippen LogP contribution in [0.3, 0.4) is 0 Å². The van der Waals surface area contributed by atoms with Crippen LogP contribution in [0.15, 0.2) is 18.2 Å². The fourth-order valence-corrected chi connectivity index (χ4v) is 2.50. The van der Waals surface area contributed by atoms with Gasteiger partial charge >= 0.3 is 0 Å². The largest absolute Gasteiger partial charge is 0.325 e. The average molecular weight is 255 g/mol. The van der Waals surface area contributed by atoms with Crippen molar-refractivity contribution in [3.8, 4) is 6.07 Å². The molecule has 0 saturated carbocycles. The Morgan fingerprint density at radius 2 is 2.11 bits per heavy atom. The van der Waals surface area contributed by atoms with Gasteiger partial charge in [-0.05, 0) is 38.5 Å². The summed E-state index contributed by atoms with van der Waals surface area (Å²) >= 11 is 0. The van der Waals surface area contributed by atoms with Gasteiger partial charge in [0.05, 0.1) is 22.7 Å². The third kappa shape index (κ3) is 2.78. The number of nitrogens with zero attached hydrogens (tertiary/aromatic N) is 3. The number of hydrogen-bond donors (Lipinski definition) is 0. The molecule has 100 valence electrons. The van der Waals surface area contributed by atoms with E-state index in [1.807, 2.05) is 18.2 Å². The molecule has 3 nitrogen and oxygen atoms in total. The maximum absolute atomic E-state index is 8.97. The molecule has 2 rings (SSSR count). The number of nitriles is 1. The van der Waals surface area contributed by atoms with Gasteiger partial charge in [-0.1, -0.05) is 19.8 Å². The second-order valence-corrected chi connectivity index (χ2v) is 5.26. The first-order valence-electron chi connectivity index (χ1n) is 7.08. The first-order valence-corrected chi connectivity index (χ1v) is 7.08. The summed E-state index contributed by atoms with van der Waals surface area (Å²) in [7, 11) is 0. The molecule has 0 saturated heterocycles. The van der Waals surface area contributed by atoms with Crippen molar-refractivity contribution in [2.45, 2.75) is 52.5 Å². The molecular weight excluding hydrogens is 234 g/mol. The Balaban J connectivity index is 2.44. The zero-order chi connectivity index (χ0) is 13.8. The van der Waals surface area contributed by atoms with Gasteiger partial charge in [-0.15, -0.1) is 0 Å². The lowest BCUT2D eigenvalue weighted by Gasteiger charge is -2.12. The molecule has 0 amide bonds. The Morgan fingerprint density at radius 3 is 2.74 bits per heavy atom. The molecule has 0 aliphatic heterocycles. The smallest absolute Gasteiger partial charge is 0.110 e. The normalized spacial score (nSPS) is 11.1. The Morgan fingerprint density at radius 1 is 1.32 bits per heavy atom. The van der Waals surface area contributed by atoms with Crippen molar-refractivity contribution >= 4 is 11.0 Å². The Kier molecular flexibility index (Phi) is 4.21. The third-order valence-electron chi connectivity index (χ3n) is 3.41. The number of aromatic nitrogens is 2. The van der Waals surface area contributed by atoms with Crippen LogP contribution in [0.25, 0.3) is 11.0 Å². The number of benzene rings is 1. The predicted octanol–water partition coefficient (Wildman–Crippen LogP) is 4.22. The van der Waals surface area contributed by atoms with Crippen LogP contribution < -0.4 is 0 Å². The highest BCUT2D eigenvalue weighted by Gasteiger charge is 2.13. The van der Waals surface area contributed by atoms with Gasteiger partial charge in [0.1, 0.15) is 5.82 Å². The van der Waals surface area contributed by atoms with Crippen molar-refractivity contribution in [1.82, 2.24) is 9.55 Å². The second kappa shape index (κ2) is 5.88. The summed E-state index contributed by atoms with van der Waals surface area (Å²) in [5.41, 5.74) is 2.76. The van der Waals surface area contributed by atoms with E-state index in [2.05, 4.69) is 31.4 Å². The van der Waals surface area contributed by atoms with Crippen LogP contribution in [0.5, 0.6) is 0 Å². The molecule has 0 fully saturated rings. The Labute approximate surface area is 114 Å². The van der Waals surface area contributed by atoms with E-state index in [4.69, 9.17) is 10.2 Å². The highest BCUT2D eigenvalue weighted by Crippen LogP contribution is 2.23. The molecule has 19 heavy (non-hydrogen) atoms. The maximum atomic E-state index is 8.97. The summed E-state index contributed by atoms with van der Waals surface area (Å²) < 4.78 is 2.30. The van der Waals surface area contributed by atoms with Gasteiger partial charge in [-0.2, -0.15) is 5.26 Å². The van der Waals surface area contributed by atoms with E-state index in [1.54, 1.807) is 0 Å². The van der Waals surface area contributed by atoms with Crippen molar-refractivity contribution < 1.29 is 0 Å². The van der Waals surface area contributed by atoms with Gasteiger partial charge in [0, 0.05) is 12.5 Å². The van der Waals surface area contributed by atoms with Crippen LogP contribution >= 0.6 is 0 Å². The summed E-state index contributed by atoms with van der Waals surface area (Å²) in [6, 6.07) is 8.36. The van der Waals surface area contributed by atoms with E-state index < -0.39 is 0 Å². The SMILES string of the molecule is CCCCCc1nc2cc(C#N)ccc2n1C(C)C. The summed E-state index contributed by atoms with van der Waals surface area (Å²) in [6.45, 7) is 6.58. The van der Waals surface area contributed by atoms with Crippen molar-refractivity contribution in [2.24, 2.45) is 0 Å².